The number of carbonyl (C=O) groups excluding carboxylic acids is 2. The van der Waals surface area contributed by atoms with Gasteiger partial charge in [0.25, 0.3) is 5.91 Å². The molecule has 138 valence electrons. The highest BCUT2D eigenvalue weighted by Gasteiger charge is 2.50. The minimum atomic E-state index is -0.396. The fraction of sp³-hybridized carbons (Fsp3) is 0.722. The van der Waals surface area contributed by atoms with Crippen molar-refractivity contribution in [2.75, 3.05) is 33.7 Å². The highest BCUT2D eigenvalue weighted by atomic mass is 32.1. The third kappa shape index (κ3) is 3.87. The quantitative estimate of drug-likeness (QED) is 0.749. The van der Waals surface area contributed by atoms with Crippen molar-refractivity contribution in [1.82, 2.24) is 14.8 Å². The zero-order chi connectivity index (χ0) is 18.0. The molecular formula is C18H27N3O3S. The summed E-state index contributed by atoms with van der Waals surface area (Å²) in [6.45, 7) is 4.07. The van der Waals surface area contributed by atoms with Crippen molar-refractivity contribution in [3.63, 3.8) is 0 Å². The number of carbonyl (C=O) groups is 2. The molecule has 6 nitrogen and oxygen atoms in total. The summed E-state index contributed by atoms with van der Waals surface area (Å²) < 4.78 is 5.58. The summed E-state index contributed by atoms with van der Waals surface area (Å²) in [7, 11) is 3.97. The first-order valence-corrected chi connectivity index (χ1v) is 9.91. The fourth-order valence-electron chi connectivity index (χ4n) is 3.79. The molecular weight excluding hydrogens is 338 g/mol. The van der Waals surface area contributed by atoms with E-state index in [1.165, 1.54) is 0 Å². The van der Waals surface area contributed by atoms with Crippen LogP contribution < -0.4 is 0 Å². The Morgan fingerprint density at radius 2 is 2.16 bits per heavy atom. The molecule has 3 heterocycles. The molecule has 7 heteroatoms. The predicted molar refractivity (Wildman–Crippen MR) is 96.7 cm³/mol. The number of rotatable bonds is 5. The van der Waals surface area contributed by atoms with Crippen LogP contribution in [0.3, 0.4) is 0 Å². The maximum absolute atomic E-state index is 12.7. The van der Waals surface area contributed by atoms with Gasteiger partial charge in [-0.05, 0) is 39.8 Å². The third-order valence-corrected chi connectivity index (χ3v) is 6.04. The monoisotopic (exact) mass is 365 g/mol. The van der Waals surface area contributed by atoms with Crippen LogP contribution in [0.1, 0.15) is 48.1 Å². The van der Waals surface area contributed by atoms with Crippen molar-refractivity contribution >= 4 is 23.2 Å². The van der Waals surface area contributed by atoms with Gasteiger partial charge in [0, 0.05) is 31.4 Å². The number of thiazole rings is 1. The van der Waals surface area contributed by atoms with Gasteiger partial charge < -0.3 is 14.5 Å². The first-order valence-electron chi connectivity index (χ1n) is 9.03. The van der Waals surface area contributed by atoms with Crippen LogP contribution in [0.15, 0.2) is 5.38 Å². The van der Waals surface area contributed by atoms with Crippen molar-refractivity contribution < 1.29 is 14.3 Å². The Kier molecular flexibility index (Phi) is 5.43. The van der Waals surface area contributed by atoms with Crippen molar-refractivity contribution in [2.45, 2.75) is 45.1 Å². The SMILES string of the molecule is CCCc1nc(C(=O)N2CCC3(CC2)CC(CN(C)C)OC3=O)cs1. The molecule has 1 unspecified atom stereocenters. The highest BCUT2D eigenvalue weighted by molar-refractivity contribution is 7.09. The average Bonchev–Trinajstić information content (AvgIpc) is 3.13. The lowest BCUT2D eigenvalue weighted by molar-refractivity contribution is -0.150. The van der Waals surface area contributed by atoms with Crippen LogP contribution >= 0.6 is 11.3 Å². The summed E-state index contributed by atoms with van der Waals surface area (Å²) in [5, 5.41) is 2.87. The topological polar surface area (TPSA) is 62.7 Å². The summed E-state index contributed by atoms with van der Waals surface area (Å²) in [5.74, 6) is -0.0880. The van der Waals surface area contributed by atoms with Crippen molar-refractivity contribution in [1.29, 1.82) is 0 Å². The smallest absolute Gasteiger partial charge is 0.312 e. The zero-order valence-electron chi connectivity index (χ0n) is 15.3. The number of likely N-dealkylation sites (N-methyl/N-ethyl adjacent to an activating group) is 1. The minimum Gasteiger partial charge on any atom is -0.461 e. The van der Waals surface area contributed by atoms with Crippen LogP contribution in [0.25, 0.3) is 0 Å². The lowest BCUT2D eigenvalue weighted by Crippen LogP contribution is -2.45. The molecule has 3 rings (SSSR count). The van der Waals surface area contributed by atoms with E-state index in [1.54, 1.807) is 11.3 Å². The van der Waals surface area contributed by atoms with E-state index >= 15 is 0 Å². The molecule has 0 N–H and O–H groups in total. The van der Waals surface area contributed by atoms with E-state index in [-0.39, 0.29) is 18.0 Å². The molecule has 1 atom stereocenters. The molecule has 0 saturated carbocycles. The van der Waals surface area contributed by atoms with Gasteiger partial charge >= 0.3 is 5.97 Å². The molecule has 1 aromatic rings. The Balaban J connectivity index is 1.59. The van der Waals surface area contributed by atoms with Gasteiger partial charge in [-0.2, -0.15) is 0 Å². The Labute approximate surface area is 153 Å². The number of hydrogen-bond donors (Lipinski definition) is 0. The lowest BCUT2D eigenvalue weighted by Gasteiger charge is -2.36. The summed E-state index contributed by atoms with van der Waals surface area (Å²) >= 11 is 1.55. The second-order valence-electron chi connectivity index (χ2n) is 7.44. The molecule has 0 radical (unpaired) electrons. The van der Waals surface area contributed by atoms with Gasteiger partial charge in [0.1, 0.15) is 11.8 Å². The number of aryl methyl sites for hydroxylation is 1. The van der Waals surface area contributed by atoms with Gasteiger partial charge in [0.15, 0.2) is 0 Å². The van der Waals surface area contributed by atoms with Gasteiger partial charge in [-0.1, -0.05) is 6.92 Å². The van der Waals surface area contributed by atoms with E-state index in [9.17, 15) is 9.59 Å². The molecule has 2 fully saturated rings. The standard InChI is InChI=1S/C18H27N3O3S/c1-4-5-15-19-14(12-25-15)16(22)21-8-6-18(7-9-21)10-13(11-20(2)3)24-17(18)23/h12-13H,4-11H2,1-3H3. The van der Waals surface area contributed by atoms with E-state index in [0.29, 0.717) is 31.6 Å². The first-order chi connectivity index (χ1) is 11.9. The number of aromatic nitrogens is 1. The molecule has 1 amide bonds. The second-order valence-corrected chi connectivity index (χ2v) is 8.39. The van der Waals surface area contributed by atoms with E-state index in [0.717, 1.165) is 30.8 Å². The Morgan fingerprint density at radius 1 is 1.44 bits per heavy atom. The summed E-state index contributed by atoms with van der Waals surface area (Å²) in [6, 6.07) is 0. The van der Waals surface area contributed by atoms with Gasteiger partial charge in [0.2, 0.25) is 0 Å². The molecule has 25 heavy (non-hydrogen) atoms. The molecule has 0 aromatic carbocycles. The van der Waals surface area contributed by atoms with E-state index in [2.05, 4.69) is 11.9 Å². The maximum Gasteiger partial charge on any atom is 0.312 e. The Bertz CT molecular complexity index is 635. The summed E-state index contributed by atoms with van der Waals surface area (Å²) in [4.78, 5) is 33.4. The minimum absolute atomic E-state index is 0.00958. The number of cyclic esters (lactones) is 1. The Morgan fingerprint density at radius 3 is 2.80 bits per heavy atom. The van der Waals surface area contributed by atoms with Crippen LogP contribution in [0.4, 0.5) is 0 Å². The number of ether oxygens (including phenoxy) is 1. The molecule has 2 aliphatic rings. The maximum atomic E-state index is 12.7. The number of esters is 1. The van der Waals surface area contributed by atoms with E-state index < -0.39 is 5.41 Å². The second kappa shape index (κ2) is 7.41. The zero-order valence-corrected chi connectivity index (χ0v) is 16.1. The largest absolute Gasteiger partial charge is 0.461 e. The van der Waals surface area contributed by atoms with Gasteiger partial charge in [-0.25, -0.2) is 4.98 Å². The van der Waals surface area contributed by atoms with Crippen molar-refractivity contribution in [3.05, 3.63) is 16.1 Å². The fourth-order valence-corrected chi connectivity index (χ4v) is 4.67. The summed E-state index contributed by atoms with van der Waals surface area (Å²) in [6.07, 6.45) is 4.06. The van der Waals surface area contributed by atoms with Gasteiger partial charge in [-0.15, -0.1) is 11.3 Å². The van der Waals surface area contributed by atoms with Crippen LogP contribution in [0.2, 0.25) is 0 Å². The average molecular weight is 365 g/mol. The third-order valence-electron chi connectivity index (χ3n) is 5.14. The van der Waals surface area contributed by atoms with E-state index in [1.807, 2.05) is 29.3 Å². The normalized spacial score (nSPS) is 22.6. The number of amides is 1. The number of piperidine rings is 1. The van der Waals surface area contributed by atoms with Crippen molar-refractivity contribution in [2.24, 2.45) is 5.41 Å². The predicted octanol–water partition coefficient (Wildman–Crippen LogP) is 2.20. The van der Waals surface area contributed by atoms with Crippen LogP contribution in [0.5, 0.6) is 0 Å². The first kappa shape index (κ1) is 18.3. The molecule has 2 saturated heterocycles. The van der Waals surface area contributed by atoms with E-state index in [4.69, 9.17) is 4.74 Å². The Hall–Kier alpha value is -1.47. The van der Waals surface area contributed by atoms with Crippen LogP contribution in [-0.2, 0) is 16.0 Å². The molecule has 0 bridgehead atoms. The van der Waals surface area contributed by atoms with Crippen LogP contribution in [0, 0.1) is 5.41 Å². The number of likely N-dealkylation sites (tertiary alicyclic amines) is 1. The number of hydrogen-bond acceptors (Lipinski definition) is 6. The lowest BCUT2D eigenvalue weighted by atomic mass is 9.76. The van der Waals surface area contributed by atoms with Crippen molar-refractivity contribution in [3.8, 4) is 0 Å². The van der Waals surface area contributed by atoms with Gasteiger partial charge in [0.05, 0.1) is 10.4 Å². The van der Waals surface area contributed by atoms with Crippen LogP contribution in [-0.4, -0.2) is 66.5 Å². The highest BCUT2D eigenvalue weighted by Crippen LogP contribution is 2.43. The molecule has 0 aliphatic carbocycles. The number of nitrogens with zero attached hydrogens (tertiary/aromatic N) is 3. The molecule has 2 aliphatic heterocycles. The molecule has 1 aromatic heterocycles. The summed E-state index contributed by atoms with van der Waals surface area (Å²) in [5.41, 5.74) is 0.149. The molecule has 1 spiro atoms. The van der Waals surface area contributed by atoms with Gasteiger partial charge in [-0.3, -0.25) is 9.59 Å².